The van der Waals surface area contributed by atoms with Crippen molar-refractivity contribution >= 4 is 10.0 Å². The zero-order chi connectivity index (χ0) is 30.1. The molecule has 4 aromatic rings. The summed E-state index contributed by atoms with van der Waals surface area (Å²) in [5.41, 5.74) is 4.06. The normalized spacial score (nSPS) is 20.7. The molecule has 8 heteroatoms. The SMILES string of the molecule is Cc1ccc(S(=O)(=O)N(C)[C@H]2C[C@@H](OCc3ccccc3)[C@@H](OCc3ccccc3)[C@@H](COCc3ccccc3)O2)cc1. The fourth-order valence-corrected chi connectivity index (χ4v) is 6.35. The average Bonchev–Trinajstić information content (AvgIpc) is 3.04. The number of hydrogen-bond acceptors (Lipinski definition) is 6. The molecule has 226 valence electrons. The van der Waals surface area contributed by atoms with Crippen LogP contribution in [0.3, 0.4) is 0 Å². The van der Waals surface area contributed by atoms with Crippen LogP contribution in [-0.4, -0.2) is 50.9 Å². The number of benzene rings is 4. The molecule has 0 saturated carbocycles. The third kappa shape index (κ3) is 8.38. The lowest BCUT2D eigenvalue weighted by molar-refractivity contribution is -0.236. The number of sulfonamides is 1. The van der Waals surface area contributed by atoms with Crippen LogP contribution in [-0.2, 0) is 48.8 Å². The van der Waals surface area contributed by atoms with E-state index in [9.17, 15) is 8.42 Å². The Morgan fingerprint density at radius 3 is 1.79 bits per heavy atom. The van der Waals surface area contributed by atoms with Crippen molar-refractivity contribution in [2.75, 3.05) is 13.7 Å². The number of aryl methyl sites for hydroxylation is 1. The molecule has 0 bridgehead atoms. The van der Waals surface area contributed by atoms with E-state index in [0.29, 0.717) is 26.2 Å². The van der Waals surface area contributed by atoms with Crippen molar-refractivity contribution in [2.45, 2.75) is 62.6 Å². The van der Waals surface area contributed by atoms with Gasteiger partial charge in [-0.15, -0.1) is 0 Å². The number of rotatable bonds is 13. The first-order valence-electron chi connectivity index (χ1n) is 14.5. The zero-order valence-electron chi connectivity index (χ0n) is 24.6. The maximum atomic E-state index is 13.7. The Morgan fingerprint density at radius 2 is 1.23 bits per heavy atom. The Morgan fingerprint density at radius 1 is 0.721 bits per heavy atom. The molecule has 0 spiro atoms. The molecule has 0 unspecified atom stereocenters. The highest BCUT2D eigenvalue weighted by Crippen LogP contribution is 2.31. The lowest BCUT2D eigenvalue weighted by Gasteiger charge is -2.43. The van der Waals surface area contributed by atoms with E-state index >= 15 is 0 Å². The molecular formula is C35H39NO6S. The van der Waals surface area contributed by atoms with Crippen molar-refractivity contribution in [2.24, 2.45) is 0 Å². The van der Waals surface area contributed by atoms with E-state index in [4.69, 9.17) is 18.9 Å². The van der Waals surface area contributed by atoms with E-state index < -0.39 is 34.6 Å². The van der Waals surface area contributed by atoms with Crippen LogP contribution in [0.25, 0.3) is 0 Å². The van der Waals surface area contributed by atoms with Crippen molar-refractivity contribution in [3.8, 4) is 0 Å². The summed E-state index contributed by atoms with van der Waals surface area (Å²) in [7, 11) is -2.28. The highest BCUT2D eigenvalue weighted by atomic mass is 32.2. The van der Waals surface area contributed by atoms with Gasteiger partial charge in [-0.3, -0.25) is 0 Å². The predicted molar refractivity (Wildman–Crippen MR) is 166 cm³/mol. The van der Waals surface area contributed by atoms with Crippen molar-refractivity contribution < 1.29 is 27.4 Å². The van der Waals surface area contributed by atoms with Crippen LogP contribution in [0.15, 0.2) is 120 Å². The van der Waals surface area contributed by atoms with Gasteiger partial charge in [-0.25, -0.2) is 8.42 Å². The number of nitrogens with zero attached hydrogens (tertiary/aromatic N) is 1. The Labute approximate surface area is 255 Å². The predicted octanol–water partition coefficient (Wildman–Crippen LogP) is 6.12. The second-order valence-corrected chi connectivity index (χ2v) is 12.8. The second-order valence-electron chi connectivity index (χ2n) is 10.8. The minimum atomic E-state index is -3.83. The van der Waals surface area contributed by atoms with Crippen LogP contribution in [0, 0.1) is 6.92 Å². The van der Waals surface area contributed by atoms with Crippen LogP contribution >= 0.6 is 0 Å². The maximum absolute atomic E-state index is 13.7. The Bertz CT molecular complexity index is 1500. The summed E-state index contributed by atoms with van der Waals surface area (Å²) < 4.78 is 54.3. The smallest absolute Gasteiger partial charge is 0.244 e. The summed E-state index contributed by atoms with van der Waals surface area (Å²) in [6.45, 7) is 3.24. The molecule has 1 saturated heterocycles. The molecule has 4 atom stereocenters. The molecule has 5 rings (SSSR count). The van der Waals surface area contributed by atoms with Crippen LogP contribution in [0.5, 0.6) is 0 Å². The lowest BCUT2D eigenvalue weighted by atomic mass is 10.00. The number of ether oxygens (including phenoxy) is 4. The minimum absolute atomic E-state index is 0.203. The molecular weight excluding hydrogens is 562 g/mol. The van der Waals surface area contributed by atoms with Crippen molar-refractivity contribution in [1.29, 1.82) is 0 Å². The quantitative estimate of drug-likeness (QED) is 0.184. The van der Waals surface area contributed by atoms with E-state index in [1.54, 1.807) is 31.3 Å². The molecule has 43 heavy (non-hydrogen) atoms. The summed E-state index contributed by atoms with van der Waals surface area (Å²) in [6, 6.07) is 36.6. The molecule has 4 aromatic carbocycles. The molecule has 0 amide bonds. The summed E-state index contributed by atoms with van der Waals surface area (Å²) >= 11 is 0. The van der Waals surface area contributed by atoms with Gasteiger partial charge in [0.25, 0.3) is 0 Å². The Balaban J connectivity index is 1.40. The van der Waals surface area contributed by atoms with Gasteiger partial charge in [-0.1, -0.05) is 109 Å². The highest BCUT2D eigenvalue weighted by Gasteiger charge is 2.44. The third-order valence-electron chi connectivity index (χ3n) is 7.59. The van der Waals surface area contributed by atoms with Crippen LogP contribution in [0.4, 0.5) is 0 Å². The van der Waals surface area contributed by atoms with Gasteiger partial charge < -0.3 is 18.9 Å². The standard InChI is InChI=1S/C35H39NO6S/c1-27-18-20-31(21-19-27)43(37,38)36(2)34-22-32(40-24-29-14-8-4-9-15-29)35(41-25-30-16-10-5-11-17-30)33(42-34)26-39-23-28-12-6-3-7-13-28/h3-21,32-35H,22-26H2,1-2H3/t32-,33-,34-,35-/m1/s1. The van der Waals surface area contributed by atoms with E-state index in [-0.39, 0.29) is 11.5 Å². The molecule has 0 radical (unpaired) electrons. The van der Waals surface area contributed by atoms with Gasteiger partial charge in [0.15, 0.2) is 0 Å². The van der Waals surface area contributed by atoms with Gasteiger partial charge in [0.1, 0.15) is 18.4 Å². The third-order valence-corrected chi connectivity index (χ3v) is 9.45. The van der Waals surface area contributed by atoms with Crippen LogP contribution < -0.4 is 0 Å². The monoisotopic (exact) mass is 601 g/mol. The van der Waals surface area contributed by atoms with Crippen LogP contribution in [0.2, 0.25) is 0 Å². The van der Waals surface area contributed by atoms with Crippen molar-refractivity contribution in [3.63, 3.8) is 0 Å². The zero-order valence-corrected chi connectivity index (χ0v) is 25.4. The van der Waals surface area contributed by atoms with Gasteiger partial charge in [-0.05, 0) is 35.7 Å². The first-order valence-corrected chi connectivity index (χ1v) is 16.0. The highest BCUT2D eigenvalue weighted by molar-refractivity contribution is 7.89. The summed E-state index contributed by atoms with van der Waals surface area (Å²) in [6.07, 6.45) is -2.02. The van der Waals surface area contributed by atoms with Crippen molar-refractivity contribution in [3.05, 3.63) is 138 Å². The van der Waals surface area contributed by atoms with E-state index in [0.717, 1.165) is 22.3 Å². The van der Waals surface area contributed by atoms with Gasteiger partial charge in [0.05, 0.1) is 37.4 Å². The molecule has 1 heterocycles. The molecule has 1 fully saturated rings. The van der Waals surface area contributed by atoms with Gasteiger partial charge in [0.2, 0.25) is 10.0 Å². The second kappa shape index (κ2) is 14.9. The van der Waals surface area contributed by atoms with Crippen molar-refractivity contribution in [1.82, 2.24) is 4.31 Å². The Hall–Kier alpha value is -3.37. The van der Waals surface area contributed by atoms with E-state index in [1.807, 2.05) is 97.9 Å². The molecule has 0 aliphatic carbocycles. The van der Waals surface area contributed by atoms with E-state index in [1.165, 1.54) is 4.31 Å². The molecule has 1 aliphatic rings. The minimum Gasteiger partial charge on any atom is -0.374 e. The fourth-order valence-electron chi connectivity index (χ4n) is 5.10. The first kappa shape index (κ1) is 31.1. The maximum Gasteiger partial charge on any atom is 0.244 e. The lowest BCUT2D eigenvalue weighted by Crippen LogP contribution is -2.56. The average molecular weight is 602 g/mol. The van der Waals surface area contributed by atoms with Crippen LogP contribution in [0.1, 0.15) is 28.7 Å². The summed E-state index contributed by atoms with van der Waals surface area (Å²) in [4.78, 5) is 0.213. The molecule has 7 nitrogen and oxygen atoms in total. The van der Waals surface area contributed by atoms with Gasteiger partial charge in [-0.2, -0.15) is 4.31 Å². The van der Waals surface area contributed by atoms with E-state index in [2.05, 4.69) is 0 Å². The summed E-state index contributed by atoms with van der Waals surface area (Å²) in [5.74, 6) is 0. The molecule has 0 aromatic heterocycles. The molecule has 0 N–H and O–H groups in total. The topological polar surface area (TPSA) is 74.3 Å². The fraction of sp³-hybridized carbons (Fsp3) is 0.314. The van der Waals surface area contributed by atoms with Gasteiger partial charge in [0, 0.05) is 13.5 Å². The first-order chi connectivity index (χ1) is 20.9. The number of hydrogen-bond donors (Lipinski definition) is 0. The Kier molecular flexibility index (Phi) is 10.8. The summed E-state index contributed by atoms with van der Waals surface area (Å²) in [5, 5.41) is 0. The molecule has 1 aliphatic heterocycles. The largest absolute Gasteiger partial charge is 0.374 e. The van der Waals surface area contributed by atoms with Gasteiger partial charge >= 0.3 is 0 Å².